The van der Waals surface area contributed by atoms with E-state index in [1.807, 2.05) is 25.1 Å². The van der Waals surface area contributed by atoms with Crippen LogP contribution in [0.15, 0.2) is 42.7 Å². The second kappa shape index (κ2) is 10.3. The number of anilines is 1. The van der Waals surface area contributed by atoms with Gasteiger partial charge in [0.15, 0.2) is 12.4 Å². The van der Waals surface area contributed by atoms with Gasteiger partial charge in [0.2, 0.25) is 0 Å². The molecule has 2 aromatic rings. The summed E-state index contributed by atoms with van der Waals surface area (Å²) in [6.45, 7) is 3.14. The molecule has 7 nitrogen and oxygen atoms in total. The summed E-state index contributed by atoms with van der Waals surface area (Å²) in [5, 5.41) is 13.5. The molecule has 0 radical (unpaired) electrons. The van der Waals surface area contributed by atoms with E-state index < -0.39 is 12.2 Å². The van der Waals surface area contributed by atoms with E-state index in [4.69, 9.17) is 4.74 Å². The van der Waals surface area contributed by atoms with Crippen molar-refractivity contribution in [3.63, 3.8) is 0 Å². The Morgan fingerprint density at radius 2 is 2.07 bits per heavy atom. The topological polar surface area (TPSA) is 77.9 Å². The lowest BCUT2D eigenvalue weighted by Gasteiger charge is -2.30. The van der Waals surface area contributed by atoms with Gasteiger partial charge in [0, 0.05) is 52.9 Å². The first-order valence-electron chi connectivity index (χ1n) is 9.97. The van der Waals surface area contributed by atoms with Crippen LogP contribution in [0.3, 0.4) is 0 Å². The van der Waals surface area contributed by atoms with Crippen molar-refractivity contribution >= 4 is 12.0 Å². The maximum Gasteiger partial charge on any atom is 0.166 e. The zero-order chi connectivity index (χ0) is 20.6. The molecule has 0 fully saturated rings. The maximum atomic E-state index is 11.4. The Morgan fingerprint density at radius 3 is 2.83 bits per heavy atom. The van der Waals surface area contributed by atoms with E-state index in [-0.39, 0.29) is 0 Å². The average Bonchev–Trinajstić information content (AvgIpc) is 2.73. The standard InChI is InChI=1S/C22H30N4O3/c1-25(2)19-9-21(12-23-10-19)29-22(16-27)13-24-11-20(28)15-26-8-7-17-5-3-4-6-18(17)14-26/h3-6,9-10,12,16,20,22,24,28H,7-8,11,13-15H2,1-2H3. The molecule has 0 aliphatic carbocycles. The molecule has 0 spiro atoms. The van der Waals surface area contributed by atoms with E-state index in [1.54, 1.807) is 12.4 Å². The monoisotopic (exact) mass is 398 g/mol. The van der Waals surface area contributed by atoms with Crippen LogP contribution in [0.2, 0.25) is 0 Å². The van der Waals surface area contributed by atoms with Crippen LogP contribution in [0.4, 0.5) is 5.69 Å². The third-order valence-electron chi connectivity index (χ3n) is 5.06. The Kier molecular flexibility index (Phi) is 7.57. The lowest BCUT2D eigenvalue weighted by atomic mass is 10.00. The van der Waals surface area contributed by atoms with Gasteiger partial charge in [-0.25, -0.2) is 0 Å². The van der Waals surface area contributed by atoms with Crippen LogP contribution in [0.5, 0.6) is 5.75 Å². The minimum atomic E-state index is -0.636. The minimum absolute atomic E-state index is 0.329. The molecular weight excluding hydrogens is 368 g/mol. The highest BCUT2D eigenvalue weighted by atomic mass is 16.5. The van der Waals surface area contributed by atoms with E-state index in [9.17, 15) is 9.90 Å². The molecule has 2 atom stereocenters. The van der Waals surface area contributed by atoms with Crippen molar-refractivity contribution in [2.24, 2.45) is 0 Å². The van der Waals surface area contributed by atoms with Crippen LogP contribution in [0.25, 0.3) is 0 Å². The van der Waals surface area contributed by atoms with Gasteiger partial charge in [-0.2, -0.15) is 0 Å². The normalized spacial score (nSPS) is 16.0. The van der Waals surface area contributed by atoms with Crippen LogP contribution >= 0.6 is 0 Å². The fraction of sp³-hybridized carbons (Fsp3) is 0.455. The van der Waals surface area contributed by atoms with Gasteiger partial charge in [0.1, 0.15) is 5.75 Å². The highest BCUT2D eigenvalue weighted by molar-refractivity contribution is 5.57. The Bertz CT molecular complexity index is 799. The van der Waals surface area contributed by atoms with E-state index in [2.05, 4.69) is 39.5 Å². The number of rotatable bonds is 10. The van der Waals surface area contributed by atoms with Gasteiger partial charge in [-0.3, -0.25) is 14.7 Å². The van der Waals surface area contributed by atoms with Crippen molar-refractivity contribution in [3.8, 4) is 5.75 Å². The molecule has 2 N–H and O–H groups in total. The first kappa shape index (κ1) is 21.2. The number of aromatic nitrogens is 1. The van der Waals surface area contributed by atoms with E-state index in [0.717, 1.165) is 31.5 Å². The molecule has 1 aliphatic rings. The molecule has 2 unspecified atom stereocenters. The molecule has 2 heterocycles. The van der Waals surface area contributed by atoms with Crippen molar-refractivity contribution in [1.29, 1.82) is 0 Å². The smallest absolute Gasteiger partial charge is 0.166 e. The molecule has 0 saturated carbocycles. The Morgan fingerprint density at radius 1 is 1.28 bits per heavy atom. The van der Waals surface area contributed by atoms with Crippen molar-refractivity contribution in [1.82, 2.24) is 15.2 Å². The Balaban J connectivity index is 1.41. The number of aldehydes is 1. The SMILES string of the molecule is CN(C)c1cncc(OC(C=O)CNCC(O)CN2CCc3ccccc3C2)c1. The number of aliphatic hydroxyl groups excluding tert-OH is 1. The van der Waals surface area contributed by atoms with Gasteiger partial charge in [-0.05, 0) is 17.5 Å². The van der Waals surface area contributed by atoms with Crippen molar-refractivity contribution in [2.45, 2.75) is 25.2 Å². The summed E-state index contributed by atoms with van der Waals surface area (Å²) in [4.78, 5) is 19.7. The van der Waals surface area contributed by atoms with Gasteiger partial charge in [0.25, 0.3) is 0 Å². The quantitative estimate of drug-likeness (QED) is 0.581. The number of nitrogens with one attached hydrogen (secondary N) is 1. The minimum Gasteiger partial charge on any atom is -0.480 e. The first-order valence-corrected chi connectivity index (χ1v) is 9.97. The van der Waals surface area contributed by atoms with Gasteiger partial charge < -0.3 is 20.1 Å². The summed E-state index contributed by atoms with van der Waals surface area (Å²) in [6, 6.07) is 10.3. The molecule has 0 saturated heterocycles. The highest BCUT2D eigenvalue weighted by Gasteiger charge is 2.18. The average molecular weight is 399 g/mol. The predicted molar refractivity (Wildman–Crippen MR) is 113 cm³/mol. The van der Waals surface area contributed by atoms with E-state index in [0.29, 0.717) is 25.4 Å². The van der Waals surface area contributed by atoms with Gasteiger partial charge in [0.05, 0.1) is 24.2 Å². The third-order valence-corrected chi connectivity index (χ3v) is 5.06. The summed E-state index contributed by atoms with van der Waals surface area (Å²) in [5.74, 6) is 0.544. The molecule has 29 heavy (non-hydrogen) atoms. The number of ether oxygens (including phenoxy) is 1. The summed E-state index contributed by atoms with van der Waals surface area (Å²) in [5.41, 5.74) is 3.63. The zero-order valence-electron chi connectivity index (χ0n) is 17.1. The van der Waals surface area contributed by atoms with Gasteiger partial charge >= 0.3 is 0 Å². The number of carbonyl (C=O) groups excluding carboxylic acids is 1. The number of fused-ring (bicyclic) bond motifs is 1. The fourth-order valence-corrected chi connectivity index (χ4v) is 3.47. The van der Waals surface area contributed by atoms with Crippen molar-refractivity contribution < 1.29 is 14.6 Å². The maximum absolute atomic E-state index is 11.4. The third kappa shape index (κ3) is 6.25. The van der Waals surface area contributed by atoms with Crippen molar-refractivity contribution in [2.75, 3.05) is 45.2 Å². The van der Waals surface area contributed by atoms with E-state index >= 15 is 0 Å². The highest BCUT2D eigenvalue weighted by Crippen LogP contribution is 2.19. The molecule has 1 aliphatic heterocycles. The second-order valence-corrected chi connectivity index (χ2v) is 7.63. The second-order valence-electron chi connectivity index (χ2n) is 7.63. The van der Waals surface area contributed by atoms with Crippen LogP contribution < -0.4 is 15.0 Å². The molecule has 156 valence electrons. The first-order chi connectivity index (χ1) is 14.0. The number of hydrogen-bond donors (Lipinski definition) is 2. The fourth-order valence-electron chi connectivity index (χ4n) is 3.47. The van der Waals surface area contributed by atoms with E-state index in [1.165, 1.54) is 11.1 Å². The summed E-state index contributed by atoms with van der Waals surface area (Å²) in [7, 11) is 3.84. The number of pyridine rings is 1. The molecule has 7 heteroatoms. The van der Waals surface area contributed by atoms with Crippen LogP contribution in [-0.4, -0.2) is 73.8 Å². The molecule has 1 aromatic carbocycles. The Labute approximate surface area is 172 Å². The van der Waals surface area contributed by atoms with Crippen LogP contribution in [0.1, 0.15) is 11.1 Å². The number of benzene rings is 1. The summed E-state index contributed by atoms with van der Waals surface area (Å²) in [6.07, 6.45) is 3.96. The molecule has 1 aromatic heterocycles. The molecule has 0 amide bonds. The summed E-state index contributed by atoms with van der Waals surface area (Å²) >= 11 is 0. The number of hydrogen-bond acceptors (Lipinski definition) is 7. The predicted octanol–water partition coefficient (Wildman–Crippen LogP) is 1.10. The lowest BCUT2D eigenvalue weighted by Crippen LogP contribution is -2.43. The summed E-state index contributed by atoms with van der Waals surface area (Å²) < 4.78 is 5.71. The zero-order valence-corrected chi connectivity index (χ0v) is 17.1. The molecular formula is C22H30N4O3. The number of aliphatic hydroxyl groups is 1. The van der Waals surface area contributed by atoms with Crippen LogP contribution in [-0.2, 0) is 17.8 Å². The largest absolute Gasteiger partial charge is 0.480 e. The van der Waals surface area contributed by atoms with Crippen LogP contribution in [0, 0.1) is 0 Å². The molecule has 3 rings (SSSR count). The van der Waals surface area contributed by atoms with Crippen molar-refractivity contribution in [3.05, 3.63) is 53.9 Å². The Hall–Kier alpha value is -2.48. The van der Waals surface area contributed by atoms with Gasteiger partial charge in [-0.15, -0.1) is 0 Å². The number of carbonyl (C=O) groups is 1. The lowest BCUT2D eigenvalue weighted by molar-refractivity contribution is -0.113. The molecule has 0 bridgehead atoms. The van der Waals surface area contributed by atoms with Gasteiger partial charge in [-0.1, -0.05) is 24.3 Å². The number of β-amino-alcohol motifs (C(OH)–C–C–N with tert-alkyl or cyclic N) is 1. The number of nitrogens with zero attached hydrogens (tertiary/aromatic N) is 3.